The van der Waals surface area contributed by atoms with Gasteiger partial charge in [0.1, 0.15) is 5.75 Å². The van der Waals surface area contributed by atoms with Crippen LogP contribution in [0.5, 0.6) is 10.8 Å². The van der Waals surface area contributed by atoms with E-state index >= 15 is 0 Å². The summed E-state index contributed by atoms with van der Waals surface area (Å²) in [6.45, 7) is 0. The summed E-state index contributed by atoms with van der Waals surface area (Å²) >= 11 is 1.57. The summed E-state index contributed by atoms with van der Waals surface area (Å²) in [5, 5.41) is 1.85. The number of hydrogen-bond acceptors (Lipinski definition) is 3. The molecular weight excluding hydrogens is 268 g/mol. The fraction of sp³-hybridized carbons (Fsp3) is 0. The van der Waals surface area contributed by atoms with Crippen molar-refractivity contribution in [1.29, 1.82) is 0 Å². The fourth-order valence-electron chi connectivity index (χ4n) is 2.43. The fourth-order valence-corrected chi connectivity index (χ4v) is 3.51. The number of hydrogen-bond donors (Lipinski definition) is 0. The molecule has 0 N–H and O–H groups in total. The number of rotatable bonds is 2. The molecule has 20 heavy (non-hydrogen) atoms. The van der Waals surface area contributed by atoms with Crippen LogP contribution in [-0.2, 0) is 0 Å². The predicted octanol–water partition coefficient (Wildman–Crippen LogP) is 4.90. The molecule has 2 aromatic carbocycles. The van der Waals surface area contributed by atoms with Crippen molar-refractivity contribution in [1.82, 2.24) is 0 Å². The van der Waals surface area contributed by atoms with Crippen molar-refractivity contribution in [2.24, 2.45) is 0 Å². The van der Waals surface area contributed by atoms with Crippen LogP contribution in [0.3, 0.4) is 0 Å². The smallest absolute Gasteiger partial charge is 0.189 e. The number of ketones is 1. The zero-order chi connectivity index (χ0) is 13.5. The van der Waals surface area contributed by atoms with Gasteiger partial charge in [-0.15, -0.1) is 0 Å². The molecule has 0 saturated carbocycles. The minimum absolute atomic E-state index is 0.0622. The Balaban J connectivity index is 1.91. The number of carbonyl (C=O) groups is 1. The van der Waals surface area contributed by atoms with E-state index in [4.69, 9.17) is 4.74 Å². The first kappa shape index (κ1) is 11.4. The van der Waals surface area contributed by atoms with Crippen LogP contribution in [0, 0.1) is 0 Å². The Bertz CT molecular complexity index is 844. The molecule has 96 valence electrons. The number of benzene rings is 2. The molecule has 4 rings (SSSR count). The van der Waals surface area contributed by atoms with Gasteiger partial charge in [0, 0.05) is 21.2 Å². The van der Waals surface area contributed by atoms with E-state index in [2.05, 4.69) is 0 Å². The lowest BCUT2D eigenvalue weighted by Crippen LogP contribution is -1.99. The lowest BCUT2D eigenvalue weighted by atomic mass is 9.97. The maximum absolute atomic E-state index is 11.9. The highest BCUT2D eigenvalue weighted by atomic mass is 32.1. The lowest BCUT2D eigenvalue weighted by Gasteiger charge is -2.08. The molecule has 3 aromatic rings. The quantitative estimate of drug-likeness (QED) is 0.666. The number of allylic oxidation sites excluding steroid dienone is 1. The average Bonchev–Trinajstić information content (AvgIpc) is 2.83. The first-order valence-electron chi connectivity index (χ1n) is 6.34. The van der Waals surface area contributed by atoms with Crippen molar-refractivity contribution < 1.29 is 9.53 Å². The molecule has 0 saturated heterocycles. The van der Waals surface area contributed by atoms with Crippen molar-refractivity contribution in [3.05, 3.63) is 65.7 Å². The van der Waals surface area contributed by atoms with Gasteiger partial charge in [-0.05, 0) is 30.4 Å². The second-order valence-electron chi connectivity index (χ2n) is 4.59. The van der Waals surface area contributed by atoms with Gasteiger partial charge in [0.25, 0.3) is 0 Å². The summed E-state index contributed by atoms with van der Waals surface area (Å²) in [7, 11) is 0. The molecule has 1 aliphatic carbocycles. The van der Waals surface area contributed by atoms with Gasteiger partial charge in [-0.25, -0.2) is 0 Å². The van der Waals surface area contributed by atoms with E-state index < -0.39 is 0 Å². The van der Waals surface area contributed by atoms with Crippen molar-refractivity contribution in [2.75, 3.05) is 0 Å². The van der Waals surface area contributed by atoms with Crippen LogP contribution in [0.4, 0.5) is 0 Å². The second-order valence-corrected chi connectivity index (χ2v) is 5.61. The minimum atomic E-state index is 0.0622. The summed E-state index contributed by atoms with van der Waals surface area (Å²) < 4.78 is 7.05. The van der Waals surface area contributed by atoms with E-state index in [1.807, 2.05) is 54.6 Å². The Labute approximate surface area is 119 Å². The summed E-state index contributed by atoms with van der Waals surface area (Å²) in [4.78, 5) is 11.9. The van der Waals surface area contributed by atoms with E-state index in [0.717, 1.165) is 32.0 Å². The summed E-state index contributed by atoms with van der Waals surface area (Å²) in [5.74, 6) is 0.870. The van der Waals surface area contributed by atoms with Crippen molar-refractivity contribution in [3.63, 3.8) is 0 Å². The van der Waals surface area contributed by atoms with Crippen molar-refractivity contribution >= 4 is 33.3 Å². The summed E-state index contributed by atoms with van der Waals surface area (Å²) in [6.07, 6.45) is 3.47. The van der Waals surface area contributed by atoms with E-state index in [1.165, 1.54) is 0 Å². The number of carbonyl (C=O) groups excluding carboxylic acids is 1. The monoisotopic (exact) mass is 278 g/mol. The molecular formula is C17H10O2S. The van der Waals surface area contributed by atoms with Gasteiger partial charge in [0.2, 0.25) is 0 Å². The zero-order valence-corrected chi connectivity index (χ0v) is 11.3. The third-order valence-corrected chi connectivity index (χ3v) is 4.39. The third-order valence-electron chi connectivity index (χ3n) is 3.34. The van der Waals surface area contributed by atoms with Crippen LogP contribution >= 0.6 is 11.3 Å². The lowest BCUT2D eigenvalue weighted by molar-refractivity contribution is 0.104. The van der Waals surface area contributed by atoms with Crippen LogP contribution in [0.2, 0.25) is 0 Å². The van der Waals surface area contributed by atoms with Gasteiger partial charge in [0.05, 0.1) is 0 Å². The molecule has 3 heteroatoms. The molecule has 0 atom stereocenters. The highest BCUT2D eigenvalue weighted by Crippen LogP contribution is 2.43. The molecule has 0 amide bonds. The van der Waals surface area contributed by atoms with Gasteiger partial charge in [-0.1, -0.05) is 41.7 Å². The standard InChI is InChI=1S/C17H10O2S/c18-14-10-9-13-16-12(14)7-4-8-15(16)20-17(13)19-11-5-2-1-3-6-11/h1-10H. The Morgan fingerprint density at radius 1 is 0.900 bits per heavy atom. The number of ether oxygens (including phenoxy) is 1. The van der Waals surface area contributed by atoms with Crippen LogP contribution in [-0.4, -0.2) is 5.78 Å². The van der Waals surface area contributed by atoms with Gasteiger partial charge in [-0.2, -0.15) is 0 Å². The normalized spacial score (nSPS) is 12.9. The maximum Gasteiger partial charge on any atom is 0.189 e. The first-order valence-corrected chi connectivity index (χ1v) is 7.15. The summed E-state index contributed by atoms with van der Waals surface area (Å²) in [5.41, 5.74) is 1.77. The van der Waals surface area contributed by atoms with Crippen molar-refractivity contribution in [2.45, 2.75) is 0 Å². The Morgan fingerprint density at radius 3 is 2.60 bits per heavy atom. The van der Waals surface area contributed by atoms with Gasteiger partial charge in [-0.3, -0.25) is 4.79 Å². The second kappa shape index (κ2) is 4.32. The first-order chi connectivity index (χ1) is 9.83. The highest BCUT2D eigenvalue weighted by Gasteiger charge is 2.21. The summed E-state index contributed by atoms with van der Waals surface area (Å²) in [6, 6.07) is 15.5. The Hall–Kier alpha value is -2.39. The SMILES string of the molecule is O=C1C=Cc2c(Oc3ccccc3)sc3cccc1c23. The highest BCUT2D eigenvalue weighted by molar-refractivity contribution is 7.21. The van der Waals surface area contributed by atoms with Crippen LogP contribution in [0.1, 0.15) is 15.9 Å². The van der Waals surface area contributed by atoms with E-state index in [0.29, 0.717) is 0 Å². The van der Waals surface area contributed by atoms with Crippen LogP contribution < -0.4 is 4.74 Å². The molecule has 0 unspecified atom stereocenters. The van der Waals surface area contributed by atoms with E-state index in [-0.39, 0.29) is 5.78 Å². The molecule has 0 spiro atoms. The maximum atomic E-state index is 11.9. The van der Waals surface area contributed by atoms with E-state index in [9.17, 15) is 4.79 Å². The van der Waals surface area contributed by atoms with E-state index in [1.54, 1.807) is 17.4 Å². The molecule has 1 heterocycles. The Kier molecular flexibility index (Phi) is 2.47. The topological polar surface area (TPSA) is 26.3 Å². The molecule has 1 aliphatic rings. The number of para-hydroxylation sites is 1. The predicted molar refractivity (Wildman–Crippen MR) is 81.7 cm³/mol. The molecule has 1 aromatic heterocycles. The Morgan fingerprint density at radius 2 is 1.75 bits per heavy atom. The van der Waals surface area contributed by atoms with Gasteiger partial charge in [0.15, 0.2) is 10.8 Å². The molecule has 0 bridgehead atoms. The van der Waals surface area contributed by atoms with Gasteiger partial charge >= 0.3 is 0 Å². The minimum Gasteiger partial charge on any atom is -0.446 e. The van der Waals surface area contributed by atoms with Crippen LogP contribution in [0.15, 0.2) is 54.6 Å². The average molecular weight is 278 g/mol. The number of thiophene rings is 1. The van der Waals surface area contributed by atoms with Gasteiger partial charge < -0.3 is 4.74 Å². The largest absolute Gasteiger partial charge is 0.446 e. The van der Waals surface area contributed by atoms with Crippen molar-refractivity contribution in [3.8, 4) is 10.8 Å². The third kappa shape index (κ3) is 1.67. The molecule has 2 nitrogen and oxygen atoms in total. The molecule has 0 radical (unpaired) electrons. The molecule has 0 fully saturated rings. The zero-order valence-electron chi connectivity index (χ0n) is 10.5. The molecule has 0 aliphatic heterocycles. The van der Waals surface area contributed by atoms with Crippen LogP contribution in [0.25, 0.3) is 16.2 Å².